The summed E-state index contributed by atoms with van der Waals surface area (Å²) in [4.78, 5) is 5.74. The third-order valence-corrected chi connectivity index (χ3v) is 6.90. The van der Waals surface area contributed by atoms with E-state index in [4.69, 9.17) is 4.74 Å². The average molecular weight is 478 g/mol. The third kappa shape index (κ3) is 5.45. The Kier molecular flexibility index (Phi) is 6.31. The molecule has 6 nitrogen and oxygen atoms in total. The van der Waals surface area contributed by atoms with Crippen LogP contribution in [-0.4, -0.2) is 32.5 Å². The summed E-state index contributed by atoms with van der Waals surface area (Å²) in [7, 11) is -3.77. The molecule has 0 saturated carbocycles. The molecule has 1 unspecified atom stereocenters. The van der Waals surface area contributed by atoms with E-state index in [1.54, 1.807) is 17.0 Å². The lowest BCUT2D eigenvalue weighted by Gasteiger charge is -2.18. The van der Waals surface area contributed by atoms with Crippen molar-refractivity contribution in [2.45, 2.75) is 30.5 Å². The van der Waals surface area contributed by atoms with Crippen LogP contribution in [0.5, 0.6) is 11.5 Å². The molecule has 1 aliphatic rings. The first-order chi connectivity index (χ1) is 15.6. The fraction of sp³-hybridized carbons (Fsp3) is 0.261. The molecule has 174 valence electrons. The quantitative estimate of drug-likeness (QED) is 0.555. The molecule has 1 aliphatic heterocycles. The van der Waals surface area contributed by atoms with Crippen molar-refractivity contribution >= 4 is 15.8 Å². The van der Waals surface area contributed by atoms with Crippen molar-refractivity contribution < 1.29 is 26.3 Å². The third-order valence-electron chi connectivity index (χ3n) is 5.36. The molecule has 0 bridgehead atoms. The summed E-state index contributed by atoms with van der Waals surface area (Å²) in [5.74, 6) is 1.58. The standard InChI is InChI=1S/C23H22F3N3O3S/c1-16-4-2-3-5-21(16)32-19-7-9-20(10-8-19)33(30,31)28-18-12-13-29(15-18)22-11-6-17(14-27-22)23(24,25)26/h2-11,14,18,28H,12-13,15H2,1H3. The predicted molar refractivity (Wildman–Crippen MR) is 118 cm³/mol. The van der Waals surface area contributed by atoms with E-state index in [9.17, 15) is 21.6 Å². The van der Waals surface area contributed by atoms with Crippen molar-refractivity contribution in [2.24, 2.45) is 0 Å². The maximum Gasteiger partial charge on any atom is 0.417 e. The number of hydrogen-bond acceptors (Lipinski definition) is 5. The van der Waals surface area contributed by atoms with E-state index in [0.717, 1.165) is 17.8 Å². The first kappa shape index (κ1) is 23.1. The molecule has 0 radical (unpaired) electrons. The number of benzene rings is 2. The van der Waals surface area contributed by atoms with E-state index >= 15 is 0 Å². The maximum atomic E-state index is 12.8. The highest BCUT2D eigenvalue weighted by molar-refractivity contribution is 7.89. The summed E-state index contributed by atoms with van der Waals surface area (Å²) < 4.78 is 72.2. The molecule has 4 rings (SSSR count). The zero-order valence-electron chi connectivity index (χ0n) is 17.7. The number of ether oxygens (including phenoxy) is 1. The Bertz CT molecular complexity index is 1210. The zero-order valence-corrected chi connectivity index (χ0v) is 18.5. The lowest BCUT2D eigenvalue weighted by atomic mass is 10.2. The smallest absolute Gasteiger partial charge is 0.417 e. The first-order valence-electron chi connectivity index (χ1n) is 10.3. The monoisotopic (exact) mass is 477 g/mol. The van der Waals surface area contributed by atoms with Crippen LogP contribution in [0.2, 0.25) is 0 Å². The van der Waals surface area contributed by atoms with Gasteiger partial charge >= 0.3 is 6.18 Å². The Morgan fingerprint density at radius 1 is 1.06 bits per heavy atom. The molecule has 10 heteroatoms. The number of hydrogen-bond donors (Lipinski definition) is 1. The SMILES string of the molecule is Cc1ccccc1Oc1ccc(S(=O)(=O)NC2CCN(c3ccc(C(F)(F)F)cn3)C2)cc1. The van der Waals surface area contributed by atoms with E-state index in [1.807, 2.05) is 31.2 Å². The number of rotatable bonds is 6. The maximum absolute atomic E-state index is 12.8. The van der Waals surface area contributed by atoms with Crippen molar-refractivity contribution in [1.29, 1.82) is 0 Å². The Balaban J connectivity index is 1.38. The highest BCUT2D eigenvalue weighted by Crippen LogP contribution is 2.30. The molecular formula is C23H22F3N3O3S. The molecule has 1 aromatic heterocycles. The van der Waals surface area contributed by atoms with Gasteiger partial charge in [0.15, 0.2) is 0 Å². The molecule has 1 N–H and O–H groups in total. The van der Waals surface area contributed by atoms with Crippen LogP contribution in [0.25, 0.3) is 0 Å². The topological polar surface area (TPSA) is 71.5 Å². The van der Waals surface area contributed by atoms with Gasteiger partial charge in [0, 0.05) is 25.3 Å². The van der Waals surface area contributed by atoms with Gasteiger partial charge in [-0.1, -0.05) is 18.2 Å². The molecule has 1 fully saturated rings. The summed E-state index contributed by atoms with van der Waals surface area (Å²) in [6.07, 6.45) is -3.15. The fourth-order valence-electron chi connectivity index (χ4n) is 3.58. The van der Waals surface area contributed by atoms with Gasteiger partial charge < -0.3 is 9.64 Å². The second-order valence-electron chi connectivity index (χ2n) is 7.79. The van der Waals surface area contributed by atoms with E-state index in [1.165, 1.54) is 18.2 Å². The number of aromatic nitrogens is 1. The second kappa shape index (κ2) is 9.03. The van der Waals surface area contributed by atoms with Crippen LogP contribution in [-0.2, 0) is 16.2 Å². The number of para-hydroxylation sites is 1. The highest BCUT2D eigenvalue weighted by atomic mass is 32.2. The molecule has 2 heterocycles. The van der Waals surface area contributed by atoms with Crippen molar-refractivity contribution in [2.75, 3.05) is 18.0 Å². The number of sulfonamides is 1. The normalized spacial score (nSPS) is 16.7. The van der Waals surface area contributed by atoms with Gasteiger partial charge in [-0.15, -0.1) is 0 Å². The lowest BCUT2D eigenvalue weighted by Crippen LogP contribution is -2.37. The average Bonchev–Trinajstić information content (AvgIpc) is 3.23. The van der Waals surface area contributed by atoms with Gasteiger partial charge in [0.05, 0.1) is 10.5 Å². The number of pyridine rings is 1. The zero-order chi connectivity index (χ0) is 23.6. The number of alkyl halides is 3. The summed E-state index contributed by atoms with van der Waals surface area (Å²) in [6.45, 7) is 2.71. The highest BCUT2D eigenvalue weighted by Gasteiger charge is 2.32. The molecule has 0 spiro atoms. The Morgan fingerprint density at radius 2 is 1.79 bits per heavy atom. The molecule has 0 aliphatic carbocycles. The Morgan fingerprint density at radius 3 is 2.42 bits per heavy atom. The van der Waals surface area contributed by atoms with Crippen LogP contribution in [0.1, 0.15) is 17.5 Å². The van der Waals surface area contributed by atoms with Gasteiger partial charge in [0.2, 0.25) is 10.0 Å². The van der Waals surface area contributed by atoms with Crippen molar-refractivity contribution in [3.05, 3.63) is 78.0 Å². The Labute approximate surface area is 190 Å². The molecular weight excluding hydrogens is 455 g/mol. The summed E-state index contributed by atoms with van der Waals surface area (Å²) in [6, 6.07) is 15.5. The fourth-order valence-corrected chi connectivity index (χ4v) is 4.84. The molecule has 33 heavy (non-hydrogen) atoms. The van der Waals surface area contributed by atoms with Crippen LogP contribution in [0.4, 0.5) is 19.0 Å². The van der Waals surface area contributed by atoms with Crippen LogP contribution < -0.4 is 14.4 Å². The first-order valence-corrected chi connectivity index (χ1v) is 11.7. The Hall–Kier alpha value is -3.11. The number of anilines is 1. The summed E-state index contributed by atoms with van der Waals surface area (Å²) in [5, 5.41) is 0. The van der Waals surface area contributed by atoms with E-state index in [2.05, 4.69) is 9.71 Å². The van der Waals surface area contributed by atoms with Crippen LogP contribution >= 0.6 is 0 Å². The molecule has 2 aromatic carbocycles. The van der Waals surface area contributed by atoms with E-state index in [0.29, 0.717) is 36.8 Å². The summed E-state index contributed by atoms with van der Waals surface area (Å²) >= 11 is 0. The van der Waals surface area contributed by atoms with Gasteiger partial charge in [-0.2, -0.15) is 13.2 Å². The molecule has 3 aromatic rings. The minimum Gasteiger partial charge on any atom is -0.457 e. The second-order valence-corrected chi connectivity index (χ2v) is 9.51. The number of nitrogens with one attached hydrogen (secondary N) is 1. The van der Waals surface area contributed by atoms with Crippen LogP contribution in [0.15, 0.2) is 71.8 Å². The number of aryl methyl sites for hydroxylation is 1. The minimum atomic E-state index is -4.45. The van der Waals surface area contributed by atoms with Gasteiger partial charge in [-0.3, -0.25) is 0 Å². The number of nitrogens with zero attached hydrogens (tertiary/aromatic N) is 2. The molecule has 0 amide bonds. The van der Waals surface area contributed by atoms with Crippen molar-refractivity contribution in [3.63, 3.8) is 0 Å². The largest absolute Gasteiger partial charge is 0.457 e. The summed E-state index contributed by atoms with van der Waals surface area (Å²) in [5.41, 5.74) is 0.140. The number of halogens is 3. The van der Waals surface area contributed by atoms with Crippen LogP contribution in [0.3, 0.4) is 0 Å². The predicted octanol–water partition coefficient (Wildman–Crippen LogP) is 4.76. The van der Waals surface area contributed by atoms with Crippen LogP contribution in [0, 0.1) is 6.92 Å². The molecule has 1 atom stereocenters. The van der Waals surface area contributed by atoms with Crippen molar-refractivity contribution in [3.8, 4) is 11.5 Å². The molecule has 1 saturated heterocycles. The van der Waals surface area contributed by atoms with Gasteiger partial charge in [-0.25, -0.2) is 18.1 Å². The minimum absolute atomic E-state index is 0.103. The van der Waals surface area contributed by atoms with E-state index in [-0.39, 0.29) is 10.9 Å². The van der Waals surface area contributed by atoms with E-state index < -0.39 is 21.8 Å². The van der Waals surface area contributed by atoms with Gasteiger partial charge in [-0.05, 0) is 61.4 Å². The van der Waals surface area contributed by atoms with Gasteiger partial charge in [0.1, 0.15) is 17.3 Å². The van der Waals surface area contributed by atoms with Gasteiger partial charge in [0.25, 0.3) is 0 Å². The lowest BCUT2D eigenvalue weighted by molar-refractivity contribution is -0.137. The van der Waals surface area contributed by atoms with Crippen molar-refractivity contribution in [1.82, 2.24) is 9.71 Å².